The van der Waals surface area contributed by atoms with E-state index in [4.69, 9.17) is 9.47 Å². The second-order valence-electron chi connectivity index (χ2n) is 6.75. The van der Waals surface area contributed by atoms with Crippen molar-refractivity contribution in [1.29, 1.82) is 0 Å². The lowest BCUT2D eigenvalue weighted by Gasteiger charge is -2.25. The number of carbonyl (C=O) groups excluding carboxylic acids is 1. The molecule has 0 aliphatic carbocycles. The number of rotatable bonds is 5. The number of amides is 1. The van der Waals surface area contributed by atoms with E-state index in [0.717, 1.165) is 23.5 Å². The van der Waals surface area contributed by atoms with Crippen molar-refractivity contribution in [2.45, 2.75) is 6.42 Å². The Morgan fingerprint density at radius 2 is 2.18 bits per heavy atom. The number of fused-ring (bicyclic) bond motifs is 1. The van der Waals surface area contributed by atoms with Crippen LogP contribution in [0.5, 0.6) is 17.2 Å². The van der Waals surface area contributed by atoms with Gasteiger partial charge in [0.25, 0.3) is 5.91 Å². The number of para-hydroxylation sites is 1. The maximum absolute atomic E-state index is 12.4. The Balaban J connectivity index is 1.37. The Morgan fingerprint density at radius 3 is 3.00 bits per heavy atom. The number of hydrogen-bond donors (Lipinski definition) is 3. The van der Waals surface area contributed by atoms with E-state index in [1.807, 2.05) is 18.2 Å². The van der Waals surface area contributed by atoms with E-state index in [2.05, 4.69) is 15.5 Å². The highest BCUT2D eigenvalue weighted by molar-refractivity contribution is 5.93. The predicted molar refractivity (Wildman–Crippen MR) is 104 cm³/mol. The molecule has 3 N–H and O–H groups in total. The third-order valence-electron chi connectivity index (χ3n) is 4.81. The number of aromatic nitrogens is 2. The van der Waals surface area contributed by atoms with Crippen LogP contribution in [-0.2, 0) is 6.42 Å². The molecule has 2 heterocycles. The molecule has 0 radical (unpaired) electrons. The fourth-order valence-corrected chi connectivity index (χ4v) is 3.27. The smallest absolute Gasteiger partial charge is 0.269 e. The molecule has 0 spiro atoms. The Bertz CT molecular complexity index is 999. The van der Waals surface area contributed by atoms with Crippen molar-refractivity contribution in [3.8, 4) is 28.5 Å². The van der Waals surface area contributed by atoms with Crippen molar-refractivity contribution in [2.24, 2.45) is 5.92 Å². The molecule has 28 heavy (non-hydrogen) atoms. The van der Waals surface area contributed by atoms with Crippen molar-refractivity contribution in [3.63, 3.8) is 0 Å². The van der Waals surface area contributed by atoms with Gasteiger partial charge in [-0.1, -0.05) is 18.2 Å². The van der Waals surface area contributed by atoms with Gasteiger partial charge in [-0.05, 0) is 36.2 Å². The van der Waals surface area contributed by atoms with E-state index in [1.165, 1.54) is 0 Å². The van der Waals surface area contributed by atoms with Crippen LogP contribution in [0.4, 0.5) is 0 Å². The first-order valence-electron chi connectivity index (χ1n) is 9.05. The number of benzene rings is 2. The molecule has 144 valence electrons. The molecule has 0 saturated heterocycles. The van der Waals surface area contributed by atoms with Gasteiger partial charge in [0.05, 0.1) is 19.4 Å². The molecule has 4 rings (SSSR count). The molecule has 7 heteroatoms. The molecule has 0 fully saturated rings. The number of phenols is 1. The Kier molecular flexibility index (Phi) is 4.89. The summed E-state index contributed by atoms with van der Waals surface area (Å²) in [5.74, 6) is 1.67. The molecule has 1 amide bonds. The number of ether oxygens (including phenoxy) is 2. The summed E-state index contributed by atoms with van der Waals surface area (Å²) >= 11 is 0. The van der Waals surface area contributed by atoms with Gasteiger partial charge in [-0.25, -0.2) is 0 Å². The van der Waals surface area contributed by atoms with E-state index >= 15 is 0 Å². The lowest BCUT2D eigenvalue weighted by atomic mass is 9.96. The van der Waals surface area contributed by atoms with Crippen LogP contribution in [0.15, 0.2) is 48.5 Å². The van der Waals surface area contributed by atoms with Crippen molar-refractivity contribution in [3.05, 3.63) is 59.8 Å². The second kappa shape index (κ2) is 7.64. The minimum Gasteiger partial charge on any atom is -0.507 e. The molecule has 7 nitrogen and oxygen atoms in total. The van der Waals surface area contributed by atoms with Crippen molar-refractivity contribution in [1.82, 2.24) is 15.5 Å². The predicted octanol–water partition coefficient (Wildman–Crippen LogP) is 2.77. The van der Waals surface area contributed by atoms with Crippen LogP contribution in [0.3, 0.4) is 0 Å². The molecule has 1 atom stereocenters. The van der Waals surface area contributed by atoms with E-state index in [-0.39, 0.29) is 17.6 Å². The van der Waals surface area contributed by atoms with Gasteiger partial charge >= 0.3 is 0 Å². The second-order valence-corrected chi connectivity index (χ2v) is 6.75. The van der Waals surface area contributed by atoms with Crippen LogP contribution in [0.2, 0.25) is 0 Å². The summed E-state index contributed by atoms with van der Waals surface area (Å²) in [6, 6.07) is 14.3. The summed E-state index contributed by atoms with van der Waals surface area (Å²) < 4.78 is 11.0. The van der Waals surface area contributed by atoms with Crippen LogP contribution >= 0.6 is 0 Å². The van der Waals surface area contributed by atoms with Gasteiger partial charge < -0.3 is 19.9 Å². The van der Waals surface area contributed by atoms with Gasteiger partial charge in [0.1, 0.15) is 22.9 Å². The molecular formula is C21H21N3O4. The van der Waals surface area contributed by atoms with Crippen LogP contribution in [0, 0.1) is 5.92 Å². The molecule has 0 saturated carbocycles. The monoisotopic (exact) mass is 379 g/mol. The van der Waals surface area contributed by atoms with E-state index < -0.39 is 0 Å². The zero-order chi connectivity index (χ0) is 19.5. The van der Waals surface area contributed by atoms with Crippen LogP contribution in [0.1, 0.15) is 16.1 Å². The van der Waals surface area contributed by atoms with E-state index in [0.29, 0.717) is 30.1 Å². The highest BCUT2D eigenvalue weighted by Gasteiger charge is 2.22. The Labute approximate surface area is 162 Å². The highest BCUT2D eigenvalue weighted by atomic mass is 16.5. The SMILES string of the molecule is COc1ccc2c(c1)OC[C@H](CNC(=O)c1cc(-c3ccccc3O)n[nH]1)C2. The van der Waals surface area contributed by atoms with E-state index in [9.17, 15) is 9.90 Å². The summed E-state index contributed by atoms with van der Waals surface area (Å²) in [6.45, 7) is 1.03. The summed E-state index contributed by atoms with van der Waals surface area (Å²) in [5, 5.41) is 19.7. The van der Waals surface area contributed by atoms with E-state index in [1.54, 1.807) is 37.4 Å². The summed E-state index contributed by atoms with van der Waals surface area (Å²) in [7, 11) is 1.63. The fourth-order valence-electron chi connectivity index (χ4n) is 3.27. The van der Waals surface area contributed by atoms with Gasteiger partial charge in [-0.3, -0.25) is 9.89 Å². The lowest BCUT2D eigenvalue weighted by Crippen LogP contribution is -2.35. The number of methoxy groups -OCH3 is 1. The summed E-state index contributed by atoms with van der Waals surface area (Å²) in [4.78, 5) is 12.4. The fraction of sp³-hybridized carbons (Fsp3) is 0.238. The number of nitrogens with zero attached hydrogens (tertiary/aromatic N) is 1. The standard InChI is InChI=1S/C21H21N3O4/c1-27-15-7-6-14-8-13(12-28-20(14)9-15)11-22-21(26)18-10-17(23-24-18)16-4-2-3-5-19(16)25/h2-7,9-10,13,25H,8,11-12H2,1H3,(H,22,26)(H,23,24)/t13-/m0/s1. The molecular weight excluding hydrogens is 358 g/mol. The third kappa shape index (κ3) is 3.64. The number of H-pyrrole nitrogens is 1. The van der Waals surface area contributed by atoms with Gasteiger partial charge in [-0.15, -0.1) is 0 Å². The zero-order valence-electron chi connectivity index (χ0n) is 15.4. The number of hydrogen-bond acceptors (Lipinski definition) is 5. The zero-order valence-corrected chi connectivity index (χ0v) is 15.4. The van der Waals surface area contributed by atoms with Gasteiger partial charge in [-0.2, -0.15) is 5.10 Å². The highest BCUT2D eigenvalue weighted by Crippen LogP contribution is 2.31. The number of carbonyl (C=O) groups is 1. The van der Waals surface area contributed by atoms with Crippen LogP contribution in [-0.4, -0.2) is 41.5 Å². The molecule has 0 unspecified atom stereocenters. The number of nitrogens with one attached hydrogen (secondary N) is 2. The first-order chi connectivity index (χ1) is 13.6. The van der Waals surface area contributed by atoms with Gasteiger partial charge in [0.2, 0.25) is 0 Å². The van der Waals surface area contributed by atoms with Crippen molar-refractivity contribution < 1.29 is 19.4 Å². The van der Waals surface area contributed by atoms with Gasteiger partial charge in [0.15, 0.2) is 0 Å². The van der Waals surface area contributed by atoms with Crippen LogP contribution in [0.25, 0.3) is 11.3 Å². The Morgan fingerprint density at radius 1 is 1.32 bits per heavy atom. The van der Waals surface area contributed by atoms with Gasteiger partial charge in [0, 0.05) is 24.1 Å². The number of phenolic OH excluding ortho intramolecular Hbond substituents is 1. The number of aromatic amines is 1. The summed E-state index contributed by atoms with van der Waals surface area (Å²) in [5.41, 5.74) is 2.55. The quantitative estimate of drug-likeness (QED) is 0.633. The first kappa shape index (κ1) is 17.9. The summed E-state index contributed by atoms with van der Waals surface area (Å²) in [6.07, 6.45) is 0.825. The molecule has 3 aromatic rings. The maximum atomic E-state index is 12.4. The molecule has 1 aliphatic rings. The average Bonchev–Trinajstić information content (AvgIpc) is 3.22. The maximum Gasteiger partial charge on any atom is 0.269 e. The molecule has 0 bridgehead atoms. The average molecular weight is 379 g/mol. The first-order valence-corrected chi connectivity index (χ1v) is 9.05. The normalized spacial score (nSPS) is 15.4. The molecule has 2 aromatic carbocycles. The largest absolute Gasteiger partial charge is 0.507 e. The van der Waals surface area contributed by atoms with Crippen LogP contribution < -0.4 is 14.8 Å². The molecule has 1 aromatic heterocycles. The Hall–Kier alpha value is -3.48. The van der Waals surface area contributed by atoms with Crippen molar-refractivity contribution >= 4 is 5.91 Å². The lowest BCUT2D eigenvalue weighted by molar-refractivity contribution is 0.0934. The number of aromatic hydroxyl groups is 1. The topological polar surface area (TPSA) is 96.5 Å². The van der Waals surface area contributed by atoms with Crippen molar-refractivity contribution in [2.75, 3.05) is 20.3 Å². The third-order valence-corrected chi connectivity index (χ3v) is 4.81. The minimum absolute atomic E-state index is 0.121. The minimum atomic E-state index is -0.241. The molecule has 1 aliphatic heterocycles.